The summed E-state index contributed by atoms with van der Waals surface area (Å²) in [7, 11) is 1.77. The highest BCUT2D eigenvalue weighted by atomic mass is 16.1. The first kappa shape index (κ1) is 9.96. The van der Waals surface area contributed by atoms with Crippen LogP contribution < -0.4 is 5.56 Å². The van der Waals surface area contributed by atoms with Crippen molar-refractivity contribution in [1.29, 1.82) is 0 Å². The van der Waals surface area contributed by atoms with Crippen molar-refractivity contribution < 1.29 is 0 Å². The van der Waals surface area contributed by atoms with Crippen molar-refractivity contribution in [2.75, 3.05) is 0 Å². The average Bonchev–Trinajstić information content (AvgIpc) is 2.58. The average molecular weight is 205 g/mol. The van der Waals surface area contributed by atoms with Gasteiger partial charge in [-0.1, -0.05) is 13.8 Å². The lowest BCUT2D eigenvalue weighted by atomic mass is 10.2. The van der Waals surface area contributed by atoms with Gasteiger partial charge in [0, 0.05) is 25.1 Å². The molecule has 0 atom stereocenters. The van der Waals surface area contributed by atoms with Crippen LogP contribution in [-0.2, 0) is 7.05 Å². The molecule has 4 heteroatoms. The molecule has 2 rings (SSSR count). The summed E-state index contributed by atoms with van der Waals surface area (Å²) in [6, 6.07) is 0. The van der Waals surface area contributed by atoms with E-state index < -0.39 is 0 Å². The topological polar surface area (TPSA) is 39.3 Å². The number of imidazole rings is 1. The van der Waals surface area contributed by atoms with E-state index in [2.05, 4.69) is 18.8 Å². The molecule has 0 aliphatic heterocycles. The second-order valence-corrected chi connectivity index (χ2v) is 4.19. The van der Waals surface area contributed by atoms with Crippen molar-refractivity contribution in [3.8, 4) is 0 Å². The van der Waals surface area contributed by atoms with Gasteiger partial charge in [-0.25, -0.2) is 4.98 Å². The van der Waals surface area contributed by atoms with Gasteiger partial charge in [-0.2, -0.15) is 0 Å². The van der Waals surface area contributed by atoms with Crippen LogP contribution in [-0.4, -0.2) is 14.0 Å². The first-order valence-electron chi connectivity index (χ1n) is 5.06. The van der Waals surface area contributed by atoms with Crippen LogP contribution in [0.5, 0.6) is 0 Å². The minimum atomic E-state index is -0.0399. The molecule has 0 radical (unpaired) electrons. The SMILES string of the molecule is Cc1cn2cc(C(C)C)nc2c(=O)n1C. The molecule has 0 N–H and O–H groups in total. The van der Waals surface area contributed by atoms with Crippen molar-refractivity contribution >= 4 is 5.65 Å². The van der Waals surface area contributed by atoms with Gasteiger partial charge < -0.3 is 8.97 Å². The maximum atomic E-state index is 11.9. The van der Waals surface area contributed by atoms with Crippen LogP contribution in [0, 0.1) is 6.92 Å². The molecule has 2 aromatic heterocycles. The van der Waals surface area contributed by atoms with Gasteiger partial charge in [0.15, 0.2) is 0 Å². The molecule has 2 aromatic rings. The van der Waals surface area contributed by atoms with Gasteiger partial charge >= 0.3 is 0 Å². The van der Waals surface area contributed by atoms with E-state index in [9.17, 15) is 4.79 Å². The van der Waals surface area contributed by atoms with Crippen LogP contribution in [0.15, 0.2) is 17.2 Å². The van der Waals surface area contributed by atoms with Gasteiger partial charge in [-0.3, -0.25) is 4.79 Å². The van der Waals surface area contributed by atoms with Crippen molar-refractivity contribution in [1.82, 2.24) is 14.0 Å². The van der Waals surface area contributed by atoms with Gasteiger partial charge in [-0.15, -0.1) is 0 Å². The van der Waals surface area contributed by atoms with Crippen LogP contribution in [0.2, 0.25) is 0 Å². The summed E-state index contributed by atoms with van der Waals surface area (Å²) >= 11 is 0. The molecule has 15 heavy (non-hydrogen) atoms. The molecule has 0 fully saturated rings. The Hall–Kier alpha value is -1.58. The molecular weight excluding hydrogens is 190 g/mol. The maximum absolute atomic E-state index is 11.9. The highest BCUT2D eigenvalue weighted by Crippen LogP contribution is 2.12. The van der Waals surface area contributed by atoms with Crippen molar-refractivity contribution in [2.24, 2.45) is 7.05 Å². The number of aryl methyl sites for hydroxylation is 1. The van der Waals surface area contributed by atoms with Gasteiger partial charge in [0.25, 0.3) is 5.56 Å². The molecule has 0 aliphatic rings. The third-order valence-corrected chi connectivity index (χ3v) is 2.69. The maximum Gasteiger partial charge on any atom is 0.294 e. The summed E-state index contributed by atoms with van der Waals surface area (Å²) < 4.78 is 3.43. The van der Waals surface area contributed by atoms with E-state index in [1.807, 2.05) is 23.7 Å². The largest absolute Gasteiger partial charge is 0.311 e. The van der Waals surface area contributed by atoms with E-state index in [4.69, 9.17) is 0 Å². The molecule has 4 nitrogen and oxygen atoms in total. The standard InChI is InChI=1S/C11H15N3O/c1-7(2)9-6-14-5-8(3)13(4)11(15)10(14)12-9/h5-7H,1-4H3. The van der Waals surface area contributed by atoms with Crippen molar-refractivity contribution in [3.63, 3.8) is 0 Å². The molecular formula is C11H15N3O. The van der Waals surface area contributed by atoms with E-state index in [-0.39, 0.29) is 5.56 Å². The minimum Gasteiger partial charge on any atom is -0.311 e. The molecule has 0 unspecified atom stereocenters. The lowest BCUT2D eigenvalue weighted by Gasteiger charge is -2.02. The molecule has 0 saturated carbocycles. The number of fused-ring (bicyclic) bond motifs is 1. The predicted octanol–water partition coefficient (Wildman–Crippen LogP) is 1.46. The fourth-order valence-corrected chi connectivity index (χ4v) is 1.55. The number of hydrogen-bond acceptors (Lipinski definition) is 2. The quantitative estimate of drug-likeness (QED) is 0.707. The number of aromatic nitrogens is 3. The predicted molar refractivity (Wildman–Crippen MR) is 59.3 cm³/mol. The van der Waals surface area contributed by atoms with E-state index in [1.165, 1.54) is 0 Å². The first-order chi connectivity index (χ1) is 7.00. The Morgan fingerprint density at radius 1 is 1.33 bits per heavy atom. The summed E-state index contributed by atoms with van der Waals surface area (Å²) in [4.78, 5) is 16.2. The van der Waals surface area contributed by atoms with Gasteiger partial charge in [0.2, 0.25) is 5.65 Å². The summed E-state index contributed by atoms with van der Waals surface area (Å²) in [6.45, 7) is 6.05. The minimum absolute atomic E-state index is 0.0399. The zero-order valence-corrected chi connectivity index (χ0v) is 9.48. The molecule has 0 amide bonds. The highest BCUT2D eigenvalue weighted by Gasteiger charge is 2.09. The number of nitrogens with zero attached hydrogens (tertiary/aromatic N) is 3. The van der Waals surface area contributed by atoms with Crippen LogP contribution >= 0.6 is 0 Å². The Bertz CT molecular complexity index is 563. The zero-order valence-electron chi connectivity index (χ0n) is 9.48. The Labute approximate surface area is 88.2 Å². The van der Waals surface area contributed by atoms with Crippen LogP contribution in [0.4, 0.5) is 0 Å². The fraction of sp³-hybridized carbons (Fsp3) is 0.455. The Morgan fingerprint density at radius 3 is 2.60 bits per heavy atom. The van der Waals surface area contributed by atoms with Gasteiger partial charge in [-0.05, 0) is 12.8 Å². The third kappa shape index (κ3) is 1.46. The normalized spacial score (nSPS) is 11.5. The molecule has 0 bridgehead atoms. The Morgan fingerprint density at radius 2 is 2.00 bits per heavy atom. The highest BCUT2D eigenvalue weighted by molar-refractivity contribution is 5.38. The Kier molecular flexibility index (Phi) is 2.14. The van der Waals surface area contributed by atoms with Crippen LogP contribution in [0.1, 0.15) is 31.2 Å². The lowest BCUT2D eigenvalue weighted by Crippen LogP contribution is -2.21. The fourth-order valence-electron chi connectivity index (χ4n) is 1.55. The van der Waals surface area contributed by atoms with E-state index >= 15 is 0 Å². The van der Waals surface area contributed by atoms with Crippen LogP contribution in [0.25, 0.3) is 5.65 Å². The second kappa shape index (κ2) is 3.22. The number of hydrogen-bond donors (Lipinski definition) is 0. The monoisotopic (exact) mass is 205 g/mol. The van der Waals surface area contributed by atoms with Crippen molar-refractivity contribution in [2.45, 2.75) is 26.7 Å². The summed E-state index contributed by atoms with van der Waals surface area (Å²) in [5.41, 5.74) is 2.35. The molecule has 0 aromatic carbocycles. The molecule has 2 heterocycles. The summed E-state index contributed by atoms with van der Waals surface area (Å²) in [5.74, 6) is 0.343. The summed E-state index contributed by atoms with van der Waals surface area (Å²) in [6.07, 6.45) is 3.85. The molecule has 0 aliphatic carbocycles. The van der Waals surface area contributed by atoms with Gasteiger partial charge in [0.1, 0.15) is 0 Å². The second-order valence-electron chi connectivity index (χ2n) is 4.19. The van der Waals surface area contributed by atoms with E-state index in [0.29, 0.717) is 11.6 Å². The van der Waals surface area contributed by atoms with Crippen LogP contribution in [0.3, 0.4) is 0 Å². The van der Waals surface area contributed by atoms with Gasteiger partial charge in [0.05, 0.1) is 5.69 Å². The molecule has 0 spiro atoms. The van der Waals surface area contributed by atoms with E-state index in [1.54, 1.807) is 11.6 Å². The zero-order chi connectivity index (χ0) is 11.2. The van der Waals surface area contributed by atoms with Crippen molar-refractivity contribution in [3.05, 3.63) is 34.1 Å². The first-order valence-corrected chi connectivity index (χ1v) is 5.06. The number of rotatable bonds is 1. The molecule has 0 saturated heterocycles. The smallest absolute Gasteiger partial charge is 0.294 e. The Balaban J connectivity index is 2.82. The third-order valence-electron chi connectivity index (χ3n) is 2.69. The summed E-state index contributed by atoms with van der Waals surface area (Å²) in [5, 5.41) is 0. The molecule has 80 valence electrons. The van der Waals surface area contributed by atoms with E-state index in [0.717, 1.165) is 11.4 Å². The lowest BCUT2D eigenvalue weighted by molar-refractivity contribution is 0.800.